The normalized spacial score (nSPS) is 16.3. The number of hydrogen-bond donors (Lipinski definition) is 0. The minimum atomic E-state index is -0.430. The van der Waals surface area contributed by atoms with E-state index >= 15 is 0 Å². The van der Waals surface area contributed by atoms with E-state index in [2.05, 4.69) is 9.97 Å². The molecule has 1 amide bonds. The zero-order valence-corrected chi connectivity index (χ0v) is 14.5. The van der Waals surface area contributed by atoms with Crippen molar-refractivity contribution in [2.75, 3.05) is 20.2 Å². The number of rotatable bonds is 4. The van der Waals surface area contributed by atoms with Crippen LogP contribution in [0, 0.1) is 5.92 Å². The van der Waals surface area contributed by atoms with E-state index in [4.69, 9.17) is 9.47 Å². The summed E-state index contributed by atoms with van der Waals surface area (Å²) < 4.78 is 10.4. The van der Waals surface area contributed by atoms with Crippen molar-refractivity contribution in [3.63, 3.8) is 0 Å². The Hall–Kier alpha value is -1.85. The van der Waals surface area contributed by atoms with Crippen molar-refractivity contribution in [1.82, 2.24) is 14.9 Å². The van der Waals surface area contributed by atoms with Crippen molar-refractivity contribution in [2.24, 2.45) is 5.92 Å². The molecule has 0 N–H and O–H groups in total. The third-order valence-corrected chi connectivity index (χ3v) is 3.97. The fourth-order valence-electron chi connectivity index (χ4n) is 2.66. The molecule has 1 aliphatic heterocycles. The number of methoxy groups -OCH3 is 1. The number of aryl methyl sites for hydroxylation is 1. The number of amides is 1. The average Bonchev–Trinajstić information content (AvgIpc) is 2.52. The summed E-state index contributed by atoms with van der Waals surface area (Å²) in [5.41, 5.74) is 0.557. The first-order valence-corrected chi connectivity index (χ1v) is 8.20. The van der Waals surface area contributed by atoms with E-state index in [0.717, 1.165) is 44.5 Å². The number of ether oxygens (including phenoxy) is 2. The SMILES string of the molecule is COc1cnc(CCC2CCN(C(=O)OC(C)(C)C)CC2)cn1. The van der Waals surface area contributed by atoms with Crippen LogP contribution in [-0.4, -0.2) is 46.8 Å². The molecule has 0 unspecified atom stereocenters. The zero-order valence-electron chi connectivity index (χ0n) is 14.5. The Bertz CT molecular complexity index is 503. The molecule has 1 aromatic rings. The summed E-state index contributed by atoms with van der Waals surface area (Å²) in [4.78, 5) is 22.4. The monoisotopic (exact) mass is 321 g/mol. The van der Waals surface area contributed by atoms with Gasteiger partial charge in [0.25, 0.3) is 0 Å². The Morgan fingerprint density at radius 2 is 1.96 bits per heavy atom. The van der Waals surface area contributed by atoms with Gasteiger partial charge in [0.2, 0.25) is 5.88 Å². The minimum Gasteiger partial charge on any atom is -0.480 e. The van der Waals surface area contributed by atoms with Crippen LogP contribution in [0.2, 0.25) is 0 Å². The van der Waals surface area contributed by atoms with Crippen LogP contribution < -0.4 is 4.74 Å². The van der Waals surface area contributed by atoms with Crippen LogP contribution >= 0.6 is 0 Å². The fraction of sp³-hybridized carbons (Fsp3) is 0.706. The molecule has 0 spiro atoms. The number of piperidine rings is 1. The summed E-state index contributed by atoms with van der Waals surface area (Å²) in [7, 11) is 1.59. The summed E-state index contributed by atoms with van der Waals surface area (Å²) in [5.74, 6) is 1.16. The lowest BCUT2D eigenvalue weighted by Gasteiger charge is -2.33. The highest BCUT2D eigenvalue weighted by molar-refractivity contribution is 5.68. The Morgan fingerprint density at radius 1 is 1.26 bits per heavy atom. The Labute approximate surface area is 138 Å². The minimum absolute atomic E-state index is 0.197. The van der Waals surface area contributed by atoms with Crippen LogP contribution in [0.5, 0.6) is 5.88 Å². The molecule has 1 aliphatic rings. The number of likely N-dealkylation sites (tertiary alicyclic amines) is 1. The predicted octanol–water partition coefficient (Wildman–Crippen LogP) is 3.06. The molecule has 6 heteroatoms. The largest absolute Gasteiger partial charge is 0.480 e. The molecule has 0 radical (unpaired) electrons. The smallest absolute Gasteiger partial charge is 0.410 e. The molecular weight excluding hydrogens is 294 g/mol. The molecule has 2 heterocycles. The number of aromatic nitrogens is 2. The van der Waals surface area contributed by atoms with Gasteiger partial charge in [-0.15, -0.1) is 0 Å². The Kier molecular flexibility index (Phi) is 5.80. The highest BCUT2D eigenvalue weighted by Crippen LogP contribution is 2.23. The van der Waals surface area contributed by atoms with Crippen molar-refractivity contribution < 1.29 is 14.3 Å². The van der Waals surface area contributed by atoms with Crippen molar-refractivity contribution in [2.45, 2.75) is 52.1 Å². The van der Waals surface area contributed by atoms with Crippen molar-refractivity contribution >= 4 is 6.09 Å². The second kappa shape index (κ2) is 7.62. The van der Waals surface area contributed by atoms with Crippen LogP contribution in [0.15, 0.2) is 12.4 Å². The molecule has 0 atom stereocenters. The molecule has 6 nitrogen and oxygen atoms in total. The molecule has 0 saturated carbocycles. The topological polar surface area (TPSA) is 64.5 Å². The molecule has 0 aromatic carbocycles. The van der Waals surface area contributed by atoms with E-state index in [1.165, 1.54) is 0 Å². The fourth-order valence-corrected chi connectivity index (χ4v) is 2.66. The van der Waals surface area contributed by atoms with Crippen molar-refractivity contribution in [3.05, 3.63) is 18.1 Å². The maximum Gasteiger partial charge on any atom is 0.410 e. The van der Waals surface area contributed by atoms with Gasteiger partial charge in [-0.25, -0.2) is 9.78 Å². The van der Waals surface area contributed by atoms with Crippen LogP contribution in [0.3, 0.4) is 0 Å². The van der Waals surface area contributed by atoms with E-state index in [1.54, 1.807) is 19.5 Å². The first kappa shape index (κ1) is 17.5. The average molecular weight is 321 g/mol. The van der Waals surface area contributed by atoms with Gasteiger partial charge in [0.1, 0.15) is 5.60 Å². The highest BCUT2D eigenvalue weighted by Gasteiger charge is 2.26. The number of nitrogens with zero attached hydrogens (tertiary/aromatic N) is 3. The van der Waals surface area contributed by atoms with Gasteiger partial charge in [-0.3, -0.25) is 4.98 Å². The van der Waals surface area contributed by atoms with Crippen LogP contribution in [-0.2, 0) is 11.2 Å². The van der Waals surface area contributed by atoms with Gasteiger partial charge in [0, 0.05) is 13.1 Å². The molecule has 128 valence electrons. The molecule has 0 bridgehead atoms. The van der Waals surface area contributed by atoms with Gasteiger partial charge in [-0.2, -0.15) is 0 Å². The zero-order chi connectivity index (χ0) is 16.9. The quantitative estimate of drug-likeness (QED) is 0.853. The van der Waals surface area contributed by atoms with E-state index < -0.39 is 5.60 Å². The lowest BCUT2D eigenvalue weighted by molar-refractivity contribution is 0.0181. The van der Waals surface area contributed by atoms with Crippen molar-refractivity contribution in [3.8, 4) is 5.88 Å². The molecule has 1 saturated heterocycles. The molecular formula is C17H27N3O3. The van der Waals surface area contributed by atoms with Gasteiger partial charge in [-0.05, 0) is 52.4 Å². The molecule has 2 rings (SSSR count). The predicted molar refractivity (Wildman–Crippen MR) is 87.4 cm³/mol. The van der Waals surface area contributed by atoms with Crippen LogP contribution in [0.1, 0.15) is 45.7 Å². The van der Waals surface area contributed by atoms with E-state index in [9.17, 15) is 4.79 Å². The van der Waals surface area contributed by atoms with Gasteiger partial charge >= 0.3 is 6.09 Å². The Morgan fingerprint density at radius 3 is 2.48 bits per heavy atom. The van der Waals surface area contributed by atoms with Crippen LogP contribution in [0.25, 0.3) is 0 Å². The lowest BCUT2D eigenvalue weighted by atomic mass is 9.92. The third kappa shape index (κ3) is 5.69. The first-order chi connectivity index (χ1) is 10.9. The van der Waals surface area contributed by atoms with Gasteiger partial charge in [-0.1, -0.05) is 0 Å². The molecule has 1 fully saturated rings. The summed E-state index contributed by atoms with van der Waals surface area (Å²) in [6.45, 7) is 7.23. The Balaban J connectivity index is 1.73. The third-order valence-electron chi connectivity index (χ3n) is 3.97. The van der Waals surface area contributed by atoms with Gasteiger partial charge in [0.15, 0.2) is 0 Å². The van der Waals surface area contributed by atoms with E-state index in [-0.39, 0.29) is 6.09 Å². The molecule has 0 aliphatic carbocycles. The van der Waals surface area contributed by atoms with Crippen molar-refractivity contribution in [1.29, 1.82) is 0 Å². The number of carbonyl (C=O) groups is 1. The maximum absolute atomic E-state index is 12.0. The summed E-state index contributed by atoms with van der Waals surface area (Å²) in [6.07, 6.45) is 7.25. The van der Waals surface area contributed by atoms with Crippen LogP contribution in [0.4, 0.5) is 4.79 Å². The number of carbonyl (C=O) groups excluding carboxylic acids is 1. The standard InChI is InChI=1S/C17H27N3O3/c1-17(2,3)23-16(21)20-9-7-13(8-10-20)5-6-14-11-19-15(22-4)12-18-14/h11-13H,5-10H2,1-4H3. The highest BCUT2D eigenvalue weighted by atomic mass is 16.6. The first-order valence-electron chi connectivity index (χ1n) is 8.20. The maximum atomic E-state index is 12.0. The van der Waals surface area contributed by atoms with E-state index in [1.807, 2.05) is 25.7 Å². The summed E-state index contributed by atoms with van der Waals surface area (Å²) in [5, 5.41) is 0. The van der Waals surface area contributed by atoms with Gasteiger partial charge in [0.05, 0.1) is 25.2 Å². The molecule has 23 heavy (non-hydrogen) atoms. The van der Waals surface area contributed by atoms with E-state index in [0.29, 0.717) is 11.8 Å². The van der Waals surface area contributed by atoms with Gasteiger partial charge < -0.3 is 14.4 Å². The molecule has 1 aromatic heterocycles. The lowest BCUT2D eigenvalue weighted by Crippen LogP contribution is -2.41. The second-order valence-electron chi connectivity index (χ2n) is 7.00. The summed E-state index contributed by atoms with van der Waals surface area (Å²) in [6, 6.07) is 0. The second-order valence-corrected chi connectivity index (χ2v) is 7.00. The summed E-state index contributed by atoms with van der Waals surface area (Å²) >= 11 is 0. The number of hydrogen-bond acceptors (Lipinski definition) is 5.